The van der Waals surface area contributed by atoms with Crippen LogP contribution in [0.4, 0.5) is 0 Å². The fourth-order valence-corrected chi connectivity index (χ4v) is 5.42. The zero-order chi connectivity index (χ0) is 17.3. The number of rotatable bonds is 5. The molecule has 2 aromatic rings. The number of aryl methyl sites for hydroxylation is 1. The Hall–Kier alpha value is -1.58. The molecular weight excluding hydrogens is 338 g/mol. The molecule has 0 spiro atoms. The van der Waals surface area contributed by atoms with Gasteiger partial charge in [-0.3, -0.25) is 9.36 Å². The molecule has 0 bridgehead atoms. The maximum atomic E-state index is 13.1. The summed E-state index contributed by atoms with van der Waals surface area (Å²) >= 11 is 3.15. The van der Waals surface area contributed by atoms with Gasteiger partial charge in [0.25, 0.3) is 5.56 Å². The Morgan fingerprint density at radius 2 is 2.42 bits per heavy atom. The molecule has 1 aliphatic rings. The molecule has 0 aliphatic heterocycles. The Labute approximate surface area is 150 Å². The molecule has 1 aliphatic carbocycles. The summed E-state index contributed by atoms with van der Waals surface area (Å²) in [5, 5.41) is 10.5. The lowest BCUT2D eigenvalue weighted by Gasteiger charge is -2.17. The predicted molar refractivity (Wildman–Crippen MR) is 101 cm³/mol. The molecule has 6 heteroatoms. The fraction of sp³-hybridized carbons (Fsp3) is 0.500. The second kappa shape index (κ2) is 7.12. The highest BCUT2D eigenvalue weighted by Crippen LogP contribution is 2.36. The van der Waals surface area contributed by atoms with Gasteiger partial charge in [-0.15, -0.1) is 17.9 Å². The Morgan fingerprint density at radius 3 is 3.12 bits per heavy atom. The highest BCUT2D eigenvalue weighted by atomic mass is 32.2. The van der Waals surface area contributed by atoms with Crippen LogP contribution in [0.3, 0.4) is 0 Å². The molecule has 0 saturated heterocycles. The molecule has 2 atom stereocenters. The summed E-state index contributed by atoms with van der Waals surface area (Å²) < 4.78 is 1.70. The fourth-order valence-electron chi connectivity index (χ4n) is 3.04. The molecule has 0 fully saturated rings. The van der Waals surface area contributed by atoms with Gasteiger partial charge in [0.1, 0.15) is 4.83 Å². The van der Waals surface area contributed by atoms with Gasteiger partial charge in [0.15, 0.2) is 5.16 Å². The lowest BCUT2D eigenvalue weighted by atomic mass is 9.89. The number of thioether (sulfide) groups is 1. The van der Waals surface area contributed by atoms with E-state index in [1.807, 2.05) is 6.92 Å². The van der Waals surface area contributed by atoms with Gasteiger partial charge < -0.3 is 0 Å². The zero-order valence-corrected chi connectivity index (χ0v) is 15.7. The summed E-state index contributed by atoms with van der Waals surface area (Å²) in [7, 11) is 0. The standard InChI is InChI=1S/C18H21N3OS2/c1-4-7-21-17(22)15-13-6-5-11(2)8-14(13)24-16(15)20-18(21)23-10-12(3)9-19/h4,11-12H,1,5-8,10H2,2-3H3/t11-,12-/m1/s1. The van der Waals surface area contributed by atoms with Crippen LogP contribution in [0.15, 0.2) is 22.6 Å². The molecule has 0 aromatic carbocycles. The number of thiophene rings is 1. The van der Waals surface area contributed by atoms with E-state index in [1.54, 1.807) is 22.0 Å². The summed E-state index contributed by atoms with van der Waals surface area (Å²) in [6, 6.07) is 2.23. The number of allylic oxidation sites excluding steroid dienone is 1. The maximum Gasteiger partial charge on any atom is 0.263 e. The van der Waals surface area contributed by atoms with Gasteiger partial charge in [0.05, 0.1) is 17.4 Å². The molecule has 4 nitrogen and oxygen atoms in total. The number of nitrogens with zero attached hydrogens (tertiary/aromatic N) is 3. The lowest BCUT2D eigenvalue weighted by Crippen LogP contribution is -2.23. The first-order chi connectivity index (χ1) is 11.5. The Kier molecular flexibility index (Phi) is 5.12. The highest BCUT2D eigenvalue weighted by molar-refractivity contribution is 7.99. The van der Waals surface area contributed by atoms with Crippen molar-refractivity contribution in [1.29, 1.82) is 5.26 Å². The van der Waals surface area contributed by atoms with E-state index in [1.165, 1.54) is 22.2 Å². The molecule has 24 heavy (non-hydrogen) atoms. The van der Waals surface area contributed by atoms with Crippen molar-refractivity contribution >= 4 is 33.3 Å². The molecular formula is C18H21N3OS2. The quantitative estimate of drug-likeness (QED) is 0.460. The molecule has 0 saturated carbocycles. The van der Waals surface area contributed by atoms with Crippen LogP contribution < -0.4 is 5.56 Å². The minimum Gasteiger partial charge on any atom is -0.283 e. The number of nitriles is 1. The van der Waals surface area contributed by atoms with Gasteiger partial charge in [-0.25, -0.2) is 4.98 Å². The van der Waals surface area contributed by atoms with Crippen molar-refractivity contribution in [1.82, 2.24) is 9.55 Å². The average molecular weight is 360 g/mol. The van der Waals surface area contributed by atoms with E-state index in [-0.39, 0.29) is 11.5 Å². The summed E-state index contributed by atoms with van der Waals surface area (Å²) in [5.74, 6) is 1.23. The van der Waals surface area contributed by atoms with Crippen molar-refractivity contribution in [2.45, 2.75) is 44.8 Å². The minimum absolute atomic E-state index is 0.0408. The second-order valence-electron chi connectivity index (χ2n) is 6.47. The van der Waals surface area contributed by atoms with Crippen molar-refractivity contribution in [3.05, 3.63) is 33.4 Å². The third kappa shape index (κ3) is 3.15. The topological polar surface area (TPSA) is 58.7 Å². The van der Waals surface area contributed by atoms with E-state index >= 15 is 0 Å². The van der Waals surface area contributed by atoms with E-state index < -0.39 is 0 Å². The van der Waals surface area contributed by atoms with Gasteiger partial charge in [0, 0.05) is 17.2 Å². The lowest BCUT2D eigenvalue weighted by molar-refractivity contribution is 0.509. The molecule has 0 radical (unpaired) electrons. The smallest absolute Gasteiger partial charge is 0.263 e. The Morgan fingerprint density at radius 1 is 1.62 bits per heavy atom. The van der Waals surface area contributed by atoms with Crippen LogP contribution >= 0.6 is 23.1 Å². The van der Waals surface area contributed by atoms with Crippen LogP contribution in [0.1, 0.15) is 30.7 Å². The normalized spacial score (nSPS) is 18.1. The van der Waals surface area contributed by atoms with E-state index in [9.17, 15) is 4.79 Å². The van der Waals surface area contributed by atoms with Gasteiger partial charge in [-0.1, -0.05) is 24.8 Å². The van der Waals surface area contributed by atoms with Gasteiger partial charge in [0.2, 0.25) is 0 Å². The van der Waals surface area contributed by atoms with Crippen LogP contribution in [0.25, 0.3) is 10.2 Å². The van der Waals surface area contributed by atoms with Crippen LogP contribution in [0.2, 0.25) is 0 Å². The largest absolute Gasteiger partial charge is 0.283 e. The summed E-state index contributed by atoms with van der Waals surface area (Å²) in [5.41, 5.74) is 1.25. The van der Waals surface area contributed by atoms with Gasteiger partial charge >= 0.3 is 0 Å². The van der Waals surface area contributed by atoms with Crippen molar-refractivity contribution in [2.75, 3.05) is 5.75 Å². The monoisotopic (exact) mass is 359 g/mol. The molecule has 2 aromatic heterocycles. The average Bonchev–Trinajstić information content (AvgIpc) is 2.92. The Bertz CT molecular complexity index is 875. The molecule has 0 N–H and O–H groups in total. The summed E-state index contributed by atoms with van der Waals surface area (Å²) in [6.07, 6.45) is 4.88. The number of hydrogen-bond donors (Lipinski definition) is 0. The molecule has 2 heterocycles. The molecule has 0 unspecified atom stereocenters. The predicted octanol–water partition coefficient (Wildman–Crippen LogP) is 4.02. The third-order valence-corrected chi connectivity index (χ3v) is 6.76. The van der Waals surface area contributed by atoms with E-state index in [0.717, 1.165) is 29.5 Å². The minimum atomic E-state index is -0.0721. The van der Waals surface area contributed by atoms with Gasteiger partial charge in [-0.05, 0) is 37.7 Å². The zero-order valence-electron chi connectivity index (χ0n) is 14.0. The Balaban J connectivity index is 2.12. The number of aromatic nitrogens is 2. The molecule has 126 valence electrons. The second-order valence-corrected chi connectivity index (χ2v) is 8.54. The van der Waals surface area contributed by atoms with Crippen molar-refractivity contribution in [3.8, 4) is 6.07 Å². The number of hydrogen-bond acceptors (Lipinski definition) is 5. The summed E-state index contributed by atoms with van der Waals surface area (Å²) in [4.78, 5) is 20.0. The van der Waals surface area contributed by atoms with Crippen molar-refractivity contribution in [2.24, 2.45) is 11.8 Å². The molecule has 0 amide bonds. The van der Waals surface area contributed by atoms with Crippen molar-refractivity contribution < 1.29 is 0 Å². The van der Waals surface area contributed by atoms with Crippen molar-refractivity contribution in [3.63, 3.8) is 0 Å². The first kappa shape index (κ1) is 17.2. The van der Waals surface area contributed by atoms with Crippen LogP contribution in [0.5, 0.6) is 0 Å². The van der Waals surface area contributed by atoms with E-state index in [0.29, 0.717) is 23.4 Å². The van der Waals surface area contributed by atoms with Crippen LogP contribution in [-0.4, -0.2) is 15.3 Å². The first-order valence-electron chi connectivity index (χ1n) is 8.23. The van der Waals surface area contributed by atoms with Crippen LogP contribution in [-0.2, 0) is 19.4 Å². The van der Waals surface area contributed by atoms with Gasteiger partial charge in [-0.2, -0.15) is 5.26 Å². The first-order valence-corrected chi connectivity index (χ1v) is 10.0. The SMILES string of the molecule is C=CCn1c(SC[C@H](C)C#N)nc2sc3c(c2c1=O)CC[C@@H](C)C3. The summed E-state index contributed by atoms with van der Waals surface area (Å²) in [6.45, 7) is 8.37. The highest BCUT2D eigenvalue weighted by Gasteiger charge is 2.24. The maximum absolute atomic E-state index is 13.1. The van der Waals surface area contributed by atoms with Crippen LogP contribution in [0, 0.1) is 23.2 Å². The molecule has 3 rings (SSSR count). The number of fused-ring (bicyclic) bond motifs is 3. The van der Waals surface area contributed by atoms with E-state index in [2.05, 4.69) is 19.6 Å². The van der Waals surface area contributed by atoms with E-state index in [4.69, 9.17) is 10.2 Å². The third-order valence-electron chi connectivity index (χ3n) is 4.37.